The van der Waals surface area contributed by atoms with Crippen molar-refractivity contribution in [3.8, 4) is 0 Å². The number of rotatable bonds is 5. The second-order valence-electron chi connectivity index (χ2n) is 4.89. The lowest BCUT2D eigenvalue weighted by molar-refractivity contribution is -0.116. The summed E-state index contributed by atoms with van der Waals surface area (Å²) in [7, 11) is 1.90. The highest BCUT2D eigenvalue weighted by molar-refractivity contribution is 9.10. The van der Waals surface area contributed by atoms with Gasteiger partial charge in [0.1, 0.15) is 6.54 Å². The van der Waals surface area contributed by atoms with Crippen LogP contribution in [0.4, 0.5) is 5.69 Å². The van der Waals surface area contributed by atoms with Crippen LogP contribution in [0.1, 0.15) is 17.0 Å². The standard InChI is InChI=1S/C15H19BrN4O/c1-10-14(8-17-3)11(2)20(19-10)9-15(21)18-13-6-4-12(16)5-7-13/h4-7,17H,8-9H2,1-3H3,(H,18,21). The smallest absolute Gasteiger partial charge is 0.246 e. The number of nitrogens with one attached hydrogen (secondary N) is 2. The highest BCUT2D eigenvalue weighted by atomic mass is 79.9. The first-order valence-electron chi connectivity index (χ1n) is 6.74. The number of anilines is 1. The van der Waals surface area contributed by atoms with Crippen LogP contribution in [0.3, 0.4) is 0 Å². The van der Waals surface area contributed by atoms with E-state index in [4.69, 9.17) is 0 Å². The van der Waals surface area contributed by atoms with E-state index in [1.165, 1.54) is 0 Å². The zero-order chi connectivity index (χ0) is 15.4. The molecule has 112 valence electrons. The van der Waals surface area contributed by atoms with Crippen molar-refractivity contribution < 1.29 is 4.79 Å². The van der Waals surface area contributed by atoms with Crippen molar-refractivity contribution in [3.63, 3.8) is 0 Å². The molecule has 1 amide bonds. The molecule has 0 atom stereocenters. The predicted molar refractivity (Wildman–Crippen MR) is 87.2 cm³/mol. The normalized spacial score (nSPS) is 10.7. The van der Waals surface area contributed by atoms with Crippen LogP contribution in [0, 0.1) is 13.8 Å². The quantitative estimate of drug-likeness (QED) is 0.871. The number of amides is 1. The van der Waals surface area contributed by atoms with Gasteiger partial charge in [-0.1, -0.05) is 15.9 Å². The van der Waals surface area contributed by atoms with Gasteiger partial charge in [0.2, 0.25) is 5.91 Å². The molecule has 2 rings (SSSR count). The first-order valence-corrected chi connectivity index (χ1v) is 7.53. The van der Waals surface area contributed by atoms with E-state index in [-0.39, 0.29) is 12.5 Å². The number of carbonyl (C=O) groups is 1. The minimum Gasteiger partial charge on any atom is -0.324 e. The van der Waals surface area contributed by atoms with Crippen LogP contribution >= 0.6 is 15.9 Å². The van der Waals surface area contributed by atoms with Gasteiger partial charge in [-0.25, -0.2) is 0 Å². The van der Waals surface area contributed by atoms with Crippen LogP contribution in [0.25, 0.3) is 0 Å². The molecule has 0 radical (unpaired) electrons. The predicted octanol–water partition coefficient (Wildman–Crippen LogP) is 2.62. The Morgan fingerprint density at radius 3 is 2.57 bits per heavy atom. The van der Waals surface area contributed by atoms with E-state index < -0.39 is 0 Å². The zero-order valence-corrected chi connectivity index (χ0v) is 14.0. The number of aryl methyl sites for hydroxylation is 1. The summed E-state index contributed by atoms with van der Waals surface area (Å²) in [6, 6.07) is 7.50. The average Bonchev–Trinajstić information content (AvgIpc) is 2.69. The molecule has 1 aromatic heterocycles. The van der Waals surface area contributed by atoms with Gasteiger partial charge in [-0.3, -0.25) is 9.48 Å². The number of aromatic nitrogens is 2. The van der Waals surface area contributed by atoms with E-state index in [0.717, 1.165) is 33.7 Å². The number of hydrogen-bond acceptors (Lipinski definition) is 3. The van der Waals surface area contributed by atoms with Gasteiger partial charge in [-0.05, 0) is 45.2 Å². The Labute approximate surface area is 132 Å². The second kappa shape index (κ2) is 6.87. The van der Waals surface area contributed by atoms with Gasteiger partial charge >= 0.3 is 0 Å². The summed E-state index contributed by atoms with van der Waals surface area (Å²) in [5.41, 5.74) is 3.90. The van der Waals surface area contributed by atoms with Crippen LogP contribution in [-0.2, 0) is 17.9 Å². The molecule has 21 heavy (non-hydrogen) atoms. The molecule has 1 heterocycles. The van der Waals surface area contributed by atoms with Crippen LogP contribution < -0.4 is 10.6 Å². The highest BCUT2D eigenvalue weighted by Crippen LogP contribution is 2.15. The Morgan fingerprint density at radius 2 is 1.95 bits per heavy atom. The van der Waals surface area contributed by atoms with Gasteiger partial charge in [0, 0.05) is 28.0 Å². The SMILES string of the molecule is CNCc1c(C)nn(CC(=O)Nc2ccc(Br)cc2)c1C. The Kier molecular flexibility index (Phi) is 5.14. The molecule has 0 bridgehead atoms. The molecule has 2 N–H and O–H groups in total. The summed E-state index contributed by atoms with van der Waals surface area (Å²) in [5, 5.41) is 10.4. The van der Waals surface area contributed by atoms with Crippen LogP contribution in [0.15, 0.2) is 28.7 Å². The van der Waals surface area contributed by atoms with E-state index >= 15 is 0 Å². The van der Waals surface area contributed by atoms with Crippen molar-refractivity contribution in [2.45, 2.75) is 26.9 Å². The van der Waals surface area contributed by atoms with Crippen molar-refractivity contribution in [2.24, 2.45) is 0 Å². The van der Waals surface area contributed by atoms with E-state index in [1.54, 1.807) is 4.68 Å². The third kappa shape index (κ3) is 3.92. The highest BCUT2D eigenvalue weighted by Gasteiger charge is 2.13. The summed E-state index contributed by atoms with van der Waals surface area (Å²) in [5.74, 6) is -0.0843. The number of carbonyl (C=O) groups excluding carboxylic acids is 1. The van der Waals surface area contributed by atoms with Gasteiger partial charge in [0.05, 0.1) is 5.69 Å². The maximum atomic E-state index is 12.1. The van der Waals surface area contributed by atoms with Gasteiger partial charge < -0.3 is 10.6 Å². The Morgan fingerprint density at radius 1 is 1.29 bits per heavy atom. The average molecular weight is 351 g/mol. The minimum atomic E-state index is -0.0843. The molecule has 0 saturated carbocycles. The fourth-order valence-electron chi connectivity index (χ4n) is 2.19. The van der Waals surface area contributed by atoms with Gasteiger partial charge in [0.15, 0.2) is 0 Å². The topological polar surface area (TPSA) is 59.0 Å². The van der Waals surface area contributed by atoms with Crippen molar-refractivity contribution in [1.29, 1.82) is 0 Å². The Hall–Kier alpha value is -1.66. The van der Waals surface area contributed by atoms with Gasteiger partial charge in [-0.15, -0.1) is 0 Å². The lowest BCUT2D eigenvalue weighted by Crippen LogP contribution is -2.20. The summed E-state index contributed by atoms with van der Waals surface area (Å²) >= 11 is 3.37. The van der Waals surface area contributed by atoms with Crippen molar-refractivity contribution >= 4 is 27.5 Å². The molecule has 5 nitrogen and oxygen atoms in total. The molecule has 6 heteroatoms. The van der Waals surface area contributed by atoms with E-state index in [1.807, 2.05) is 45.2 Å². The maximum Gasteiger partial charge on any atom is 0.246 e. The molecular formula is C15H19BrN4O. The fourth-order valence-corrected chi connectivity index (χ4v) is 2.45. The third-order valence-corrected chi connectivity index (χ3v) is 3.83. The molecule has 0 fully saturated rings. The minimum absolute atomic E-state index is 0.0843. The fraction of sp³-hybridized carbons (Fsp3) is 0.333. The molecule has 0 aliphatic heterocycles. The molecule has 0 unspecified atom stereocenters. The molecule has 0 saturated heterocycles. The van der Waals surface area contributed by atoms with Gasteiger partial charge in [0.25, 0.3) is 0 Å². The molecule has 1 aromatic carbocycles. The van der Waals surface area contributed by atoms with Crippen molar-refractivity contribution in [3.05, 3.63) is 45.7 Å². The van der Waals surface area contributed by atoms with Crippen molar-refractivity contribution in [1.82, 2.24) is 15.1 Å². The van der Waals surface area contributed by atoms with Crippen molar-refractivity contribution in [2.75, 3.05) is 12.4 Å². The lowest BCUT2D eigenvalue weighted by Gasteiger charge is -2.07. The van der Waals surface area contributed by atoms with E-state index in [2.05, 4.69) is 31.7 Å². The zero-order valence-electron chi connectivity index (χ0n) is 12.4. The summed E-state index contributed by atoms with van der Waals surface area (Å²) in [4.78, 5) is 12.1. The van der Waals surface area contributed by atoms with E-state index in [9.17, 15) is 4.79 Å². The first-order chi connectivity index (χ1) is 10.0. The monoisotopic (exact) mass is 350 g/mol. The molecule has 2 aromatic rings. The lowest BCUT2D eigenvalue weighted by atomic mass is 10.2. The molecule has 0 spiro atoms. The summed E-state index contributed by atoms with van der Waals surface area (Å²) < 4.78 is 2.73. The van der Waals surface area contributed by atoms with Crippen LogP contribution in [0.5, 0.6) is 0 Å². The van der Waals surface area contributed by atoms with Gasteiger partial charge in [-0.2, -0.15) is 5.10 Å². The largest absolute Gasteiger partial charge is 0.324 e. The van der Waals surface area contributed by atoms with Crippen LogP contribution in [0.2, 0.25) is 0 Å². The Balaban J connectivity index is 2.06. The van der Waals surface area contributed by atoms with E-state index in [0.29, 0.717) is 0 Å². The third-order valence-electron chi connectivity index (χ3n) is 3.31. The molecule has 0 aliphatic carbocycles. The maximum absolute atomic E-state index is 12.1. The Bertz CT molecular complexity index is 634. The number of halogens is 1. The molecular weight excluding hydrogens is 332 g/mol. The number of nitrogens with zero attached hydrogens (tertiary/aromatic N) is 2. The number of benzene rings is 1. The summed E-state index contributed by atoms with van der Waals surface area (Å²) in [6.45, 7) is 4.92. The first kappa shape index (κ1) is 15.7. The summed E-state index contributed by atoms with van der Waals surface area (Å²) in [6.07, 6.45) is 0. The second-order valence-corrected chi connectivity index (χ2v) is 5.81. The van der Waals surface area contributed by atoms with Crippen LogP contribution in [-0.4, -0.2) is 22.7 Å². The molecule has 0 aliphatic rings. The number of hydrogen-bond donors (Lipinski definition) is 2.